The summed E-state index contributed by atoms with van der Waals surface area (Å²) in [5, 5.41) is 0. The quantitative estimate of drug-likeness (QED) is 0.504. The smallest absolute Gasteiger partial charge is 0.145 e. The molecule has 0 bridgehead atoms. The lowest BCUT2D eigenvalue weighted by molar-refractivity contribution is 0.650. The van der Waals surface area contributed by atoms with E-state index in [9.17, 15) is 4.21 Å². The van der Waals surface area contributed by atoms with Crippen molar-refractivity contribution in [2.45, 2.75) is 31.9 Å². The van der Waals surface area contributed by atoms with Crippen LogP contribution < -0.4 is 5.73 Å². The monoisotopic (exact) mass is 341 g/mol. The highest BCUT2D eigenvalue weighted by atomic mass is 32.2. The molecule has 0 aliphatic rings. The maximum atomic E-state index is 12.4. The topological polar surface area (TPSA) is 68.3 Å². The molecular weight excluding hydrogens is 318 g/mol. The molecule has 0 aliphatic heterocycles. The summed E-state index contributed by atoms with van der Waals surface area (Å²) in [6.45, 7) is 9.45. The number of anilines is 1. The van der Waals surface area contributed by atoms with Crippen molar-refractivity contribution in [1.29, 1.82) is 0 Å². The molecule has 126 valence electrons. The van der Waals surface area contributed by atoms with Gasteiger partial charge in [-0.2, -0.15) is 4.40 Å². The molecule has 1 atom stereocenters. The first-order chi connectivity index (χ1) is 11.3. The third-order valence-corrected chi connectivity index (χ3v) is 4.82. The number of benzene rings is 1. The molecule has 1 heterocycles. The number of hydrogen-bond donors (Lipinski definition) is 1. The van der Waals surface area contributed by atoms with Gasteiger partial charge in [-0.05, 0) is 44.5 Å². The Hall–Kier alpha value is -2.27. The maximum absolute atomic E-state index is 12.4. The van der Waals surface area contributed by atoms with E-state index in [0.29, 0.717) is 23.5 Å². The number of allylic oxidation sites excluding steroid dienone is 1. The number of pyridine rings is 1. The first-order valence-electron chi connectivity index (χ1n) is 7.74. The molecule has 5 heteroatoms. The zero-order chi connectivity index (χ0) is 17.7. The highest BCUT2D eigenvalue weighted by Crippen LogP contribution is 2.26. The van der Waals surface area contributed by atoms with E-state index in [4.69, 9.17) is 5.73 Å². The van der Waals surface area contributed by atoms with E-state index in [1.807, 2.05) is 57.2 Å². The second kappa shape index (κ2) is 7.53. The summed E-state index contributed by atoms with van der Waals surface area (Å²) in [4.78, 5) is 4.39. The van der Waals surface area contributed by atoms with Crippen LogP contribution in [0, 0.1) is 0 Å². The summed E-state index contributed by atoms with van der Waals surface area (Å²) >= 11 is 0. The Morgan fingerprint density at radius 3 is 2.67 bits per heavy atom. The molecule has 2 N–H and O–H groups in total. The fourth-order valence-corrected chi connectivity index (χ4v) is 2.72. The predicted molar refractivity (Wildman–Crippen MR) is 103 cm³/mol. The zero-order valence-electron chi connectivity index (χ0n) is 14.3. The standard InChI is InChI=1S/C19H23N3OS/c1-5-8-17(22-24(23)19(2,3)4)18-13-14(11-12-21-18)15-9-6-7-10-16(15)20/h5-7,9-13H,1,8,20H2,2-4H3/t24-/m0/s1. The fourth-order valence-electron chi connectivity index (χ4n) is 2.08. The van der Waals surface area contributed by atoms with Gasteiger partial charge in [0.05, 0.1) is 16.2 Å². The van der Waals surface area contributed by atoms with Gasteiger partial charge in [0.15, 0.2) is 0 Å². The molecule has 0 aliphatic carbocycles. The number of nitrogens with zero attached hydrogens (tertiary/aromatic N) is 2. The minimum atomic E-state index is -1.35. The van der Waals surface area contributed by atoms with Gasteiger partial charge < -0.3 is 5.73 Å². The van der Waals surface area contributed by atoms with Gasteiger partial charge in [-0.15, -0.1) is 6.58 Å². The SMILES string of the molecule is C=CCC(=N[S@@](=O)C(C)(C)C)c1cc(-c2ccccc2N)ccn1. The Morgan fingerprint density at radius 2 is 2.04 bits per heavy atom. The van der Waals surface area contributed by atoms with Gasteiger partial charge in [0.1, 0.15) is 11.0 Å². The lowest BCUT2D eigenvalue weighted by atomic mass is 10.0. The summed E-state index contributed by atoms with van der Waals surface area (Å²) in [6.07, 6.45) is 3.96. The molecule has 1 aromatic heterocycles. The van der Waals surface area contributed by atoms with Gasteiger partial charge >= 0.3 is 0 Å². The van der Waals surface area contributed by atoms with E-state index in [-0.39, 0.29) is 0 Å². The molecular formula is C19H23N3OS. The normalized spacial score (nSPS) is 13.5. The minimum absolute atomic E-state index is 0.423. The number of nitrogens with two attached hydrogens (primary N) is 1. The molecule has 2 rings (SSSR count). The zero-order valence-corrected chi connectivity index (χ0v) is 15.1. The predicted octanol–water partition coefficient (Wildman–Crippen LogP) is 4.16. The average molecular weight is 341 g/mol. The molecule has 0 fully saturated rings. The first kappa shape index (κ1) is 18.1. The van der Waals surface area contributed by atoms with E-state index in [2.05, 4.69) is 16.0 Å². The van der Waals surface area contributed by atoms with Crippen LogP contribution in [0.4, 0.5) is 5.69 Å². The second-order valence-corrected chi connectivity index (χ2v) is 8.31. The number of aromatic nitrogens is 1. The van der Waals surface area contributed by atoms with E-state index >= 15 is 0 Å². The average Bonchev–Trinajstić information content (AvgIpc) is 2.54. The molecule has 1 aromatic carbocycles. The number of para-hydroxylation sites is 1. The Labute approximate surface area is 146 Å². The van der Waals surface area contributed by atoms with Crippen molar-refractivity contribution in [3.63, 3.8) is 0 Å². The van der Waals surface area contributed by atoms with Crippen LogP contribution in [-0.4, -0.2) is 19.7 Å². The van der Waals surface area contributed by atoms with E-state index < -0.39 is 15.7 Å². The molecule has 0 saturated heterocycles. The van der Waals surface area contributed by atoms with Crippen molar-refractivity contribution in [2.75, 3.05) is 5.73 Å². The maximum Gasteiger partial charge on any atom is 0.145 e. The summed E-state index contributed by atoms with van der Waals surface area (Å²) < 4.78 is 16.3. The van der Waals surface area contributed by atoms with Crippen LogP contribution >= 0.6 is 0 Å². The van der Waals surface area contributed by atoms with Crippen LogP contribution in [-0.2, 0) is 11.0 Å². The van der Waals surface area contributed by atoms with Crippen molar-refractivity contribution < 1.29 is 4.21 Å². The van der Waals surface area contributed by atoms with Gasteiger partial charge in [-0.3, -0.25) is 4.98 Å². The highest BCUT2D eigenvalue weighted by molar-refractivity contribution is 7.85. The molecule has 0 amide bonds. The van der Waals surface area contributed by atoms with Gasteiger partial charge in [-0.25, -0.2) is 4.21 Å². The van der Waals surface area contributed by atoms with Crippen LogP contribution in [0.25, 0.3) is 11.1 Å². The van der Waals surface area contributed by atoms with E-state index in [1.54, 1.807) is 12.3 Å². The van der Waals surface area contributed by atoms with Gasteiger partial charge in [0.25, 0.3) is 0 Å². The third-order valence-electron chi connectivity index (χ3n) is 3.38. The molecule has 0 saturated carbocycles. The molecule has 2 aromatic rings. The number of hydrogen-bond acceptors (Lipinski definition) is 3. The van der Waals surface area contributed by atoms with Crippen molar-refractivity contribution in [2.24, 2.45) is 4.40 Å². The molecule has 0 spiro atoms. The Balaban J connectivity index is 2.48. The number of rotatable bonds is 5. The van der Waals surface area contributed by atoms with Crippen molar-refractivity contribution in [1.82, 2.24) is 4.98 Å². The van der Waals surface area contributed by atoms with Crippen LogP contribution in [0.1, 0.15) is 32.9 Å². The van der Waals surface area contributed by atoms with Crippen molar-refractivity contribution in [3.05, 3.63) is 60.9 Å². The van der Waals surface area contributed by atoms with Crippen LogP contribution in [0.3, 0.4) is 0 Å². The summed E-state index contributed by atoms with van der Waals surface area (Å²) in [7, 11) is -1.35. The summed E-state index contributed by atoms with van der Waals surface area (Å²) in [6, 6.07) is 11.5. The number of nitrogen functional groups attached to an aromatic ring is 1. The Bertz CT molecular complexity index is 791. The molecule has 24 heavy (non-hydrogen) atoms. The van der Waals surface area contributed by atoms with Gasteiger partial charge in [0.2, 0.25) is 0 Å². The molecule has 4 nitrogen and oxygen atoms in total. The van der Waals surface area contributed by atoms with E-state index in [1.165, 1.54) is 0 Å². The Kier molecular flexibility index (Phi) is 5.67. The molecule has 0 unspecified atom stereocenters. The van der Waals surface area contributed by atoms with Crippen LogP contribution in [0.15, 0.2) is 59.6 Å². The highest BCUT2D eigenvalue weighted by Gasteiger charge is 2.20. The van der Waals surface area contributed by atoms with E-state index in [0.717, 1.165) is 11.1 Å². The lowest BCUT2D eigenvalue weighted by Gasteiger charge is -2.15. The van der Waals surface area contributed by atoms with Crippen molar-refractivity contribution >= 4 is 22.4 Å². The van der Waals surface area contributed by atoms with Gasteiger partial charge in [0, 0.05) is 23.9 Å². The van der Waals surface area contributed by atoms with Crippen LogP contribution in [0.5, 0.6) is 0 Å². The largest absolute Gasteiger partial charge is 0.398 e. The fraction of sp³-hybridized carbons (Fsp3) is 0.263. The van der Waals surface area contributed by atoms with Crippen LogP contribution in [0.2, 0.25) is 0 Å². The second-order valence-electron chi connectivity index (χ2n) is 6.41. The van der Waals surface area contributed by atoms with Gasteiger partial charge in [-0.1, -0.05) is 24.3 Å². The Morgan fingerprint density at radius 1 is 1.33 bits per heavy atom. The lowest BCUT2D eigenvalue weighted by Crippen LogP contribution is -2.21. The third kappa shape index (κ3) is 4.38. The minimum Gasteiger partial charge on any atom is -0.398 e. The summed E-state index contributed by atoms with van der Waals surface area (Å²) in [5.74, 6) is 0. The molecule has 0 radical (unpaired) electrons. The first-order valence-corrected chi connectivity index (χ1v) is 8.85. The van der Waals surface area contributed by atoms with Crippen molar-refractivity contribution in [3.8, 4) is 11.1 Å². The summed E-state index contributed by atoms with van der Waals surface area (Å²) in [5.41, 5.74) is 10.0.